The third kappa shape index (κ3) is 3.61. The number of aromatic nitrogens is 5. The zero-order chi connectivity index (χ0) is 25.2. The van der Waals surface area contributed by atoms with Gasteiger partial charge in [0.05, 0.1) is 5.69 Å². The van der Waals surface area contributed by atoms with Crippen LogP contribution < -0.4 is 16.2 Å². The minimum absolute atomic E-state index is 0.175. The molecular weight excluding hydrogens is 457 g/mol. The first-order valence-electron chi connectivity index (χ1n) is 12.5. The van der Waals surface area contributed by atoms with Crippen LogP contribution in [0.5, 0.6) is 0 Å². The molecule has 0 radical (unpaired) electrons. The van der Waals surface area contributed by atoms with E-state index in [0.29, 0.717) is 35.0 Å². The molecule has 0 saturated heterocycles. The Morgan fingerprint density at radius 1 is 1.17 bits per heavy atom. The van der Waals surface area contributed by atoms with Gasteiger partial charge in [-0.3, -0.25) is 4.79 Å². The molecule has 2 aliphatic rings. The Bertz CT molecular complexity index is 1560. The Labute approximate surface area is 208 Å². The summed E-state index contributed by atoms with van der Waals surface area (Å²) in [5, 5.41) is 7.36. The lowest BCUT2D eigenvalue weighted by Crippen LogP contribution is -2.36. The molecule has 1 spiro atoms. The number of rotatable bonds is 4. The predicted octanol–water partition coefficient (Wildman–Crippen LogP) is 4.31. The zero-order valence-electron chi connectivity index (χ0n) is 21.0. The van der Waals surface area contributed by atoms with Crippen molar-refractivity contribution in [3.8, 4) is 5.82 Å². The predicted molar refractivity (Wildman–Crippen MR) is 138 cm³/mol. The first-order valence-corrected chi connectivity index (χ1v) is 12.5. The standard InChI is InChI=1S/C27H30FN7O/c1-5-34-24(36)18-15-29-25(31-17-6-7-19-16(14-17)10-13-30-27(19)11-12-27)33-23(18)35(34)21-9-8-20(28)22(32-21)26(2,3)4/h6-9,14-15,30H,5,10-13H2,1-4H3,(H,29,31,33). The van der Waals surface area contributed by atoms with Crippen LogP contribution in [0.2, 0.25) is 0 Å². The van der Waals surface area contributed by atoms with Crippen LogP contribution in [-0.4, -0.2) is 30.9 Å². The van der Waals surface area contributed by atoms with Crippen molar-refractivity contribution in [2.24, 2.45) is 0 Å². The largest absolute Gasteiger partial charge is 0.324 e. The molecule has 1 aliphatic heterocycles. The minimum atomic E-state index is -0.497. The first-order chi connectivity index (χ1) is 17.2. The fourth-order valence-electron chi connectivity index (χ4n) is 5.26. The molecule has 3 aromatic heterocycles. The Kier molecular flexibility index (Phi) is 5.05. The van der Waals surface area contributed by atoms with E-state index in [2.05, 4.69) is 38.8 Å². The normalized spacial score (nSPS) is 16.4. The fraction of sp³-hybridized carbons (Fsp3) is 0.407. The Morgan fingerprint density at radius 2 is 1.97 bits per heavy atom. The third-order valence-corrected chi connectivity index (χ3v) is 7.22. The molecule has 1 saturated carbocycles. The van der Waals surface area contributed by atoms with Gasteiger partial charge in [-0.15, -0.1) is 0 Å². The van der Waals surface area contributed by atoms with E-state index in [1.54, 1.807) is 21.6 Å². The maximum Gasteiger partial charge on any atom is 0.278 e. The summed E-state index contributed by atoms with van der Waals surface area (Å²) >= 11 is 0. The van der Waals surface area contributed by atoms with E-state index in [4.69, 9.17) is 4.98 Å². The van der Waals surface area contributed by atoms with Gasteiger partial charge in [0.15, 0.2) is 11.5 Å². The third-order valence-electron chi connectivity index (χ3n) is 7.22. The highest BCUT2D eigenvalue weighted by molar-refractivity contribution is 5.77. The van der Waals surface area contributed by atoms with E-state index in [9.17, 15) is 9.18 Å². The van der Waals surface area contributed by atoms with E-state index in [0.717, 1.165) is 18.7 Å². The van der Waals surface area contributed by atoms with Crippen LogP contribution in [0, 0.1) is 5.82 Å². The Hall–Kier alpha value is -3.59. The quantitative estimate of drug-likeness (QED) is 0.446. The molecule has 9 heteroatoms. The van der Waals surface area contributed by atoms with Crippen LogP contribution in [0.15, 0.2) is 41.3 Å². The lowest BCUT2D eigenvalue weighted by Gasteiger charge is -2.27. The summed E-state index contributed by atoms with van der Waals surface area (Å²) in [5.74, 6) is 0.453. The zero-order valence-corrected chi connectivity index (χ0v) is 21.0. The molecule has 0 unspecified atom stereocenters. The minimum Gasteiger partial charge on any atom is -0.324 e. The molecule has 6 rings (SSSR count). The highest BCUT2D eigenvalue weighted by Crippen LogP contribution is 2.48. The van der Waals surface area contributed by atoms with Crippen molar-refractivity contribution in [2.75, 3.05) is 11.9 Å². The van der Waals surface area contributed by atoms with Gasteiger partial charge >= 0.3 is 0 Å². The lowest BCUT2D eigenvalue weighted by atomic mass is 9.91. The molecule has 8 nitrogen and oxygen atoms in total. The average molecular weight is 488 g/mol. The molecule has 186 valence electrons. The van der Waals surface area contributed by atoms with Gasteiger partial charge in [-0.2, -0.15) is 4.98 Å². The second-order valence-corrected chi connectivity index (χ2v) is 10.8. The van der Waals surface area contributed by atoms with Gasteiger partial charge in [-0.25, -0.2) is 23.7 Å². The number of nitrogens with one attached hydrogen (secondary N) is 2. The summed E-state index contributed by atoms with van der Waals surface area (Å²) in [6.07, 6.45) is 4.91. The summed E-state index contributed by atoms with van der Waals surface area (Å²) in [6.45, 7) is 9.00. The number of pyridine rings is 1. The Morgan fingerprint density at radius 3 is 2.69 bits per heavy atom. The van der Waals surface area contributed by atoms with Crippen molar-refractivity contribution in [1.82, 2.24) is 29.6 Å². The first kappa shape index (κ1) is 22.8. The average Bonchev–Trinajstić information content (AvgIpc) is 3.55. The summed E-state index contributed by atoms with van der Waals surface area (Å²) in [5.41, 5.74) is 3.87. The van der Waals surface area contributed by atoms with E-state index >= 15 is 0 Å². The molecule has 2 N–H and O–H groups in total. The van der Waals surface area contributed by atoms with Crippen molar-refractivity contribution < 1.29 is 4.39 Å². The van der Waals surface area contributed by atoms with Crippen LogP contribution in [0.3, 0.4) is 0 Å². The highest BCUT2D eigenvalue weighted by atomic mass is 19.1. The number of nitrogens with zero attached hydrogens (tertiary/aromatic N) is 5. The van der Waals surface area contributed by atoms with Crippen molar-refractivity contribution >= 4 is 22.7 Å². The van der Waals surface area contributed by atoms with Gasteiger partial charge in [0.1, 0.15) is 11.2 Å². The summed E-state index contributed by atoms with van der Waals surface area (Å²) in [7, 11) is 0. The van der Waals surface area contributed by atoms with Gasteiger partial charge in [0.2, 0.25) is 5.95 Å². The van der Waals surface area contributed by atoms with E-state index in [-0.39, 0.29) is 16.9 Å². The van der Waals surface area contributed by atoms with Crippen molar-refractivity contribution in [3.63, 3.8) is 0 Å². The number of fused-ring (bicyclic) bond motifs is 3. The topological polar surface area (TPSA) is 89.7 Å². The van der Waals surface area contributed by atoms with Crippen LogP contribution in [0.1, 0.15) is 57.4 Å². The summed E-state index contributed by atoms with van der Waals surface area (Å²) in [6, 6.07) is 9.39. The smallest absolute Gasteiger partial charge is 0.278 e. The molecule has 1 fully saturated rings. The molecule has 0 amide bonds. The van der Waals surface area contributed by atoms with Crippen LogP contribution >= 0.6 is 0 Å². The molecule has 4 heterocycles. The van der Waals surface area contributed by atoms with Crippen LogP contribution in [0.25, 0.3) is 16.9 Å². The SMILES string of the molecule is CCn1c(=O)c2cnc(Nc3ccc4c(c3)CCNC43CC3)nc2n1-c1ccc(F)c(C(C)(C)C)n1. The molecule has 1 aliphatic carbocycles. The molecule has 1 aromatic carbocycles. The van der Waals surface area contributed by atoms with Crippen LogP contribution in [-0.2, 0) is 23.9 Å². The highest BCUT2D eigenvalue weighted by Gasteiger charge is 2.46. The van der Waals surface area contributed by atoms with Gasteiger partial charge in [-0.1, -0.05) is 26.8 Å². The maximum absolute atomic E-state index is 14.6. The number of benzene rings is 1. The number of anilines is 2. The van der Waals surface area contributed by atoms with E-state index in [1.165, 1.54) is 30.0 Å². The molecule has 0 bridgehead atoms. The molecule has 36 heavy (non-hydrogen) atoms. The summed E-state index contributed by atoms with van der Waals surface area (Å²) < 4.78 is 17.8. The summed E-state index contributed by atoms with van der Waals surface area (Å²) in [4.78, 5) is 26.9. The molecule has 4 aromatic rings. The van der Waals surface area contributed by atoms with Crippen molar-refractivity contribution in [3.05, 3.63) is 69.5 Å². The van der Waals surface area contributed by atoms with Gasteiger partial charge in [0.25, 0.3) is 5.56 Å². The number of hydrogen-bond donors (Lipinski definition) is 2. The van der Waals surface area contributed by atoms with Gasteiger partial charge in [0, 0.05) is 35.9 Å². The molecule has 0 atom stereocenters. The van der Waals surface area contributed by atoms with Gasteiger partial charge < -0.3 is 10.6 Å². The van der Waals surface area contributed by atoms with Crippen molar-refractivity contribution in [1.29, 1.82) is 0 Å². The van der Waals surface area contributed by atoms with Gasteiger partial charge in [-0.05, 0) is 61.6 Å². The number of hydrogen-bond acceptors (Lipinski definition) is 6. The second kappa shape index (κ2) is 7.96. The second-order valence-electron chi connectivity index (χ2n) is 10.8. The molecular formula is C27H30FN7O. The van der Waals surface area contributed by atoms with Crippen LogP contribution in [0.4, 0.5) is 16.0 Å². The Balaban J connectivity index is 1.43. The number of halogens is 1. The van der Waals surface area contributed by atoms with Crippen molar-refractivity contribution in [2.45, 2.75) is 64.5 Å². The fourth-order valence-corrected chi connectivity index (χ4v) is 5.26. The lowest BCUT2D eigenvalue weighted by molar-refractivity contribution is 0.490. The van der Waals surface area contributed by atoms with E-state index in [1.807, 2.05) is 27.7 Å². The maximum atomic E-state index is 14.6. The monoisotopic (exact) mass is 487 g/mol. The van der Waals surface area contributed by atoms with E-state index < -0.39 is 5.41 Å².